The van der Waals surface area contributed by atoms with Gasteiger partial charge in [0.25, 0.3) is 0 Å². The summed E-state index contributed by atoms with van der Waals surface area (Å²) >= 11 is 0. The van der Waals surface area contributed by atoms with Crippen molar-refractivity contribution in [3.63, 3.8) is 0 Å². The highest BCUT2D eigenvalue weighted by Gasteiger charge is 2.33. The molecule has 11 aromatic carbocycles. The first kappa shape index (κ1) is 38.9. The van der Waals surface area contributed by atoms with Crippen LogP contribution in [0.2, 0.25) is 0 Å². The standard InChI is InChI=1S/C64H42N4O/c1-3-15-43(16-4-1)44-29-31-48(32-30-44)65(49-33-35-50(36-34-49)66-58-22-10-7-19-55(58)56-20-8-11-23-59(56)66)51-37-39-53-45(41-51)27-28-46-42-52(38-40-54(46)53)68-61-25-13-14-26-62(61)69-63-57-21-9-12-24-60(57)67(64(63)68)47-17-5-2-6-18-47/h1-42H. The van der Waals surface area contributed by atoms with Crippen molar-refractivity contribution in [3.8, 4) is 34.0 Å². The molecule has 0 N–H and O–H groups in total. The van der Waals surface area contributed by atoms with Gasteiger partial charge in [0.1, 0.15) is 0 Å². The number of rotatable bonds is 7. The van der Waals surface area contributed by atoms with Crippen molar-refractivity contribution in [1.29, 1.82) is 0 Å². The Kier molecular flexibility index (Phi) is 8.83. The SMILES string of the molecule is c1ccc(-c2ccc(N(c3ccc(-n4c5ccccc5c5ccccc54)cc3)c3ccc4c(ccc5cc(N6c7ccccc7Oc7c6n(-c6ccccc6)c6ccccc76)ccc54)c3)cc2)cc1. The lowest BCUT2D eigenvalue weighted by atomic mass is 9.99. The predicted molar refractivity (Wildman–Crippen MR) is 288 cm³/mol. The fraction of sp³-hybridized carbons (Fsp3) is 0. The molecule has 0 bridgehead atoms. The normalized spacial score (nSPS) is 12.1. The Labute approximate surface area is 399 Å². The van der Waals surface area contributed by atoms with Crippen molar-refractivity contribution < 1.29 is 4.74 Å². The summed E-state index contributed by atoms with van der Waals surface area (Å²) in [6, 6.07) is 91.6. The summed E-state index contributed by atoms with van der Waals surface area (Å²) in [6.45, 7) is 0. The fourth-order valence-electron chi connectivity index (χ4n) is 10.7. The van der Waals surface area contributed by atoms with E-state index in [0.29, 0.717) is 0 Å². The number of hydrogen-bond acceptors (Lipinski definition) is 3. The molecule has 0 fully saturated rings. The maximum Gasteiger partial charge on any atom is 0.178 e. The predicted octanol–water partition coefficient (Wildman–Crippen LogP) is 17.7. The lowest BCUT2D eigenvalue weighted by Gasteiger charge is -2.32. The van der Waals surface area contributed by atoms with E-state index in [1.807, 2.05) is 6.07 Å². The summed E-state index contributed by atoms with van der Waals surface area (Å²) < 4.78 is 11.5. The van der Waals surface area contributed by atoms with Gasteiger partial charge in [-0.1, -0.05) is 146 Å². The van der Waals surface area contributed by atoms with E-state index in [1.54, 1.807) is 0 Å². The van der Waals surface area contributed by atoms with Crippen molar-refractivity contribution in [3.05, 3.63) is 255 Å². The van der Waals surface area contributed by atoms with Crippen molar-refractivity contribution in [2.45, 2.75) is 0 Å². The molecule has 5 heteroatoms. The zero-order valence-electron chi connectivity index (χ0n) is 37.4. The number of anilines is 6. The zero-order valence-corrected chi connectivity index (χ0v) is 37.4. The minimum absolute atomic E-state index is 0.827. The molecule has 0 atom stereocenters. The summed E-state index contributed by atoms with van der Waals surface area (Å²) in [5.41, 5.74) is 13.4. The molecule has 324 valence electrons. The van der Waals surface area contributed by atoms with Gasteiger partial charge < -0.3 is 14.2 Å². The Balaban J connectivity index is 0.885. The van der Waals surface area contributed by atoms with Crippen molar-refractivity contribution in [2.24, 2.45) is 0 Å². The second-order valence-corrected chi connectivity index (χ2v) is 17.8. The van der Waals surface area contributed by atoms with Crippen LogP contribution < -0.4 is 14.5 Å². The Morgan fingerprint density at radius 2 is 0.812 bits per heavy atom. The highest BCUT2D eigenvalue weighted by Crippen LogP contribution is 2.55. The van der Waals surface area contributed by atoms with Gasteiger partial charge in [-0.15, -0.1) is 0 Å². The van der Waals surface area contributed by atoms with E-state index in [1.165, 1.54) is 49.1 Å². The molecule has 5 nitrogen and oxygen atoms in total. The number of hydrogen-bond donors (Lipinski definition) is 0. The molecule has 1 aliphatic rings. The third kappa shape index (κ3) is 6.25. The molecule has 14 rings (SSSR count). The molecule has 1 aliphatic heterocycles. The van der Waals surface area contributed by atoms with Crippen LogP contribution >= 0.6 is 0 Å². The van der Waals surface area contributed by atoms with Crippen LogP contribution in [0.5, 0.6) is 11.5 Å². The molecule has 2 aromatic heterocycles. The number of ether oxygens (including phenoxy) is 1. The largest absolute Gasteiger partial charge is 0.451 e. The summed E-state index contributed by atoms with van der Waals surface area (Å²) in [6.07, 6.45) is 0. The number of nitrogens with zero attached hydrogens (tertiary/aromatic N) is 4. The first-order valence-corrected chi connectivity index (χ1v) is 23.5. The minimum atomic E-state index is 0.827. The van der Waals surface area contributed by atoms with E-state index in [9.17, 15) is 0 Å². The van der Waals surface area contributed by atoms with Crippen LogP contribution in [0.25, 0.3) is 76.8 Å². The molecule has 3 heterocycles. The highest BCUT2D eigenvalue weighted by molar-refractivity contribution is 6.11. The minimum Gasteiger partial charge on any atom is -0.451 e. The smallest absolute Gasteiger partial charge is 0.178 e. The lowest BCUT2D eigenvalue weighted by Crippen LogP contribution is -2.18. The number of aromatic nitrogens is 2. The third-order valence-corrected chi connectivity index (χ3v) is 13.8. The summed E-state index contributed by atoms with van der Waals surface area (Å²) in [7, 11) is 0. The second-order valence-electron chi connectivity index (χ2n) is 17.8. The molecular weight excluding hydrogens is 841 g/mol. The van der Waals surface area contributed by atoms with Gasteiger partial charge in [0.15, 0.2) is 17.3 Å². The average molecular weight is 883 g/mol. The van der Waals surface area contributed by atoms with Crippen molar-refractivity contribution >= 4 is 88.5 Å². The van der Waals surface area contributed by atoms with Crippen LogP contribution in [-0.2, 0) is 0 Å². The van der Waals surface area contributed by atoms with Gasteiger partial charge in [-0.25, -0.2) is 0 Å². The molecule has 0 unspecified atom stereocenters. The van der Waals surface area contributed by atoms with Crippen LogP contribution in [0.1, 0.15) is 0 Å². The van der Waals surface area contributed by atoms with Crippen LogP contribution in [0.4, 0.5) is 34.3 Å². The summed E-state index contributed by atoms with van der Waals surface area (Å²) in [5, 5.41) is 8.30. The van der Waals surface area contributed by atoms with E-state index in [2.05, 4.69) is 268 Å². The molecule has 0 spiro atoms. The van der Waals surface area contributed by atoms with Gasteiger partial charge in [-0.05, 0) is 142 Å². The van der Waals surface area contributed by atoms with Crippen molar-refractivity contribution in [1.82, 2.24) is 9.13 Å². The van der Waals surface area contributed by atoms with E-state index >= 15 is 0 Å². The molecule has 0 amide bonds. The van der Waals surface area contributed by atoms with E-state index < -0.39 is 0 Å². The lowest BCUT2D eigenvalue weighted by molar-refractivity contribution is 0.481. The van der Waals surface area contributed by atoms with E-state index in [4.69, 9.17) is 4.74 Å². The van der Waals surface area contributed by atoms with Gasteiger partial charge >= 0.3 is 0 Å². The molecule has 0 saturated carbocycles. The second kappa shape index (κ2) is 15.7. The van der Waals surface area contributed by atoms with Crippen LogP contribution in [0.15, 0.2) is 255 Å². The van der Waals surface area contributed by atoms with Gasteiger partial charge in [-0.3, -0.25) is 9.47 Å². The monoisotopic (exact) mass is 882 g/mol. The van der Waals surface area contributed by atoms with Crippen LogP contribution in [0.3, 0.4) is 0 Å². The number of benzene rings is 11. The number of para-hydroxylation sites is 6. The van der Waals surface area contributed by atoms with Gasteiger partial charge in [0.05, 0.1) is 22.2 Å². The van der Waals surface area contributed by atoms with Gasteiger partial charge in [0, 0.05) is 50.3 Å². The molecule has 69 heavy (non-hydrogen) atoms. The Hall–Kier alpha value is -9.32. The molecule has 0 saturated heterocycles. The van der Waals surface area contributed by atoms with Crippen LogP contribution in [-0.4, -0.2) is 9.13 Å². The van der Waals surface area contributed by atoms with Crippen LogP contribution in [0, 0.1) is 0 Å². The first-order chi connectivity index (χ1) is 34.2. The summed E-state index contributed by atoms with van der Waals surface area (Å²) in [5.74, 6) is 2.65. The van der Waals surface area contributed by atoms with E-state index in [-0.39, 0.29) is 0 Å². The maximum atomic E-state index is 6.80. The fourth-order valence-corrected chi connectivity index (χ4v) is 10.7. The number of fused-ring (bicyclic) bond motifs is 10. The molecule has 0 radical (unpaired) electrons. The third-order valence-electron chi connectivity index (χ3n) is 13.8. The Morgan fingerprint density at radius 3 is 1.51 bits per heavy atom. The molecule has 13 aromatic rings. The highest BCUT2D eigenvalue weighted by atomic mass is 16.5. The topological polar surface area (TPSA) is 25.6 Å². The zero-order chi connectivity index (χ0) is 45.4. The Bertz CT molecular complexity index is 4040. The maximum absolute atomic E-state index is 6.80. The van der Waals surface area contributed by atoms with Crippen molar-refractivity contribution in [2.75, 3.05) is 9.80 Å². The first-order valence-electron chi connectivity index (χ1n) is 23.5. The quantitative estimate of drug-likeness (QED) is 0.149. The molecule has 0 aliphatic carbocycles. The molecular formula is C64H42N4O. The van der Waals surface area contributed by atoms with Gasteiger partial charge in [0.2, 0.25) is 0 Å². The Morgan fingerprint density at radius 1 is 0.319 bits per heavy atom. The summed E-state index contributed by atoms with van der Waals surface area (Å²) in [4.78, 5) is 4.73. The van der Waals surface area contributed by atoms with Gasteiger partial charge in [-0.2, -0.15) is 0 Å². The van der Waals surface area contributed by atoms with E-state index in [0.717, 1.165) is 73.4 Å². The average Bonchev–Trinajstić information content (AvgIpc) is 3.93.